The van der Waals surface area contributed by atoms with Crippen molar-refractivity contribution in [3.63, 3.8) is 0 Å². The minimum atomic E-state index is -1.37. The highest BCUT2D eigenvalue weighted by atomic mass is 16.7. The lowest BCUT2D eigenvalue weighted by atomic mass is 10.1. The van der Waals surface area contributed by atoms with Crippen molar-refractivity contribution in [3.8, 4) is 0 Å². The van der Waals surface area contributed by atoms with Crippen molar-refractivity contribution in [2.45, 2.75) is 31.2 Å². The second-order valence-corrected chi connectivity index (χ2v) is 5.78. The zero-order chi connectivity index (χ0) is 17.6. The van der Waals surface area contributed by atoms with E-state index in [-0.39, 0.29) is 13.2 Å². The molecule has 0 radical (unpaired) electrons. The second kappa shape index (κ2) is 8.22. The number of aliphatic hydroxyl groups excluding tert-OH is 2. The number of esters is 1. The Balaban J connectivity index is 1.57. The van der Waals surface area contributed by atoms with E-state index < -0.39 is 30.6 Å². The van der Waals surface area contributed by atoms with Gasteiger partial charge in [0.1, 0.15) is 24.9 Å². The Bertz CT molecular complexity index is 675. The van der Waals surface area contributed by atoms with E-state index in [2.05, 4.69) is 0 Å². The van der Waals surface area contributed by atoms with Crippen LogP contribution in [0, 0.1) is 0 Å². The number of ether oxygens (including phenoxy) is 3. The molecule has 4 atom stereocenters. The molecule has 1 fully saturated rings. The van der Waals surface area contributed by atoms with E-state index in [0.29, 0.717) is 5.56 Å². The maximum absolute atomic E-state index is 12.0. The highest BCUT2D eigenvalue weighted by Crippen LogP contribution is 2.24. The van der Waals surface area contributed by atoms with Crippen LogP contribution in [0.3, 0.4) is 0 Å². The van der Waals surface area contributed by atoms with Crippen LogP contribution >= 0.6 is 0 Å². The maximum atomic E-state index is 12.0. The molecule has 25 heavy (non-hydrogen) atoms. The van der Waals surface area contributed by atoms with Crippen LogP contribution in [0.15, 0.2) is 60.7 Å². The van der Waals surface area contributed by atoms with Gasteiger partial charge in [-0.1, -0.05) is 48.5 Å². The molecule has 0 aliphatic carbocycles. The predicted octanol–water partition coefficient (Wildman–Crippen LogP) is 1.51. The molecule has 2 aromatic carbocycles. The Morgan fingerprint density at radius 3 is 2.32 bits per heavy atom. The first-order valence-corrected chi connectivity index (χ1v) is 8.04. The van der Waals surface area contributed by atoms with E-state index in [1.807, 2.05) is 30.3 Å². The Labute approximate surface area is 145 Å². The van der Waals surface area contributed by atoms with Gasteiger partial charge in [-0.3, -0.25) is 0 Å². The summed E-state index contributed by atoms with van der Waals surface area (Å²) < 4.78 is 16.2. The standard InChI is InChI=1S/C19H20O6/c20-16-17(23-11-13-7-3-1-4-8-13)15(25-19(16)22)12-24-18(21)14-9-5-2-6-10-14/h1-10,15-17,19-20,22H,11-12H2/t15-,16-,17+,19+/m1/s1. The van der Waals surface area contributed by atoms with Gasteiger partial charge in [-0.05, 0) is 17.7 Å². The Kier molecular flexibility index (Phi) is 5.78. The molecule has 0 spiro atoms. The van der Waals surface area contributed by atoms with E-state index in [0.717, 1.165) is 5.56 Å². The quantitative estimate of drug-likeness (QED) is 0.773. The summed E-state index contributed by atoms with van der Waals surface area (Å²) in [6.45, 7) is 0.128. The smallest absolute Gasteiger partial charge is 0.338 e. The molecule has 2 aromatic rings. The van der Waals surface area contributed by atoms with Crippen molar-refractivity contribution in [2.24, 2.45) is 0 Å². The molecular weight excluding hydrogens is 324 g/mol. The molecule has 0 saturated carbocycles. The van der Waals surface area contributed by atoms with Crippen LogP contribution < -0.4 is 0 Å². The Morgan fingerprint density at radius 1 is 1.00 bits per heavy atom. The molecule has 0 unspecified atom stereocenters. The minimum Gasteiger partial charge on any atom is -0.459 e. The fraction of sp³-hybridized carbons (Fsp3) is 0.316. The van der Waals surface area contributed by atoms with Crippen molar-refractivity contribution in [1.82, 2.24) is 0 Å². The third-order valence-corrected chi connectivity index (χ3v) is 3.98. The third kappa shape index (κ3) is 4.43. The highest BCUT2D eigenvalue weighted by molar-refractivity contribution is 5.89. The number of carbonyl (C=O) groups is 1. The molecule has 3 rings (SSSR count). The monoisotopic (exact) mass is 344 g/mol. The molecular formula is C19H20O6. The SMILES string of the molecule is O=C(OC[C@H]1O[C@H](O)[C@H](O)[C@H]1OCc1ccccc1)c1ccccc1. The summed E-state index contributed by atoms with van der Waals surface area (Å²) in [7, 11) is 0. The number of aliphatic hydroxyl groups is 2. The summed E-state index contributed by atoms with van der Waals surface area (Å²) in [5.74, 6) is -0.498. The van der Waals surface area contributed by atoms with Gasteiger partial charge in [0.05, 0.1) is 12.2 Å². The lowest BCUT2D eigenvalue weighted by Crippen LogP contribution is -2.37. The van der Waals surface area contributed by atoms with Gasteiger partial charge in [0.25, 0.3) is 0 Å². The average Bonchev–Trinajstić information content (AvgIpc) is 2.93. The normalized spacial score (nSPS) is 25.7. The molecule has 1 saturated heterocycles. The topological polar surface area (TPSA) is 85.2 Å². The zero-order valence-corrected chi connectivity index (χ0v) is 13.5. The van der Waals surface area contributed by atoms with E-state index >= 15 is 0 Å². The summed E-state index contributed by atoms with van der Waals surface area (Å²) in [5.41, 5.74) is 1.35. The lowest BCUT2D eigenvalue weighted by Gasteiger charge is -2.20. The molecule has 0 bridgehead atoms. The van der Waals surface area contributed by atoms with Crippen molar-refractivity contribution in [1.29, 1.82) is 0 Å². The average molecular weight is 344 g/mol. The molecule has 1 aliphatic heterocycles. The molecule has 132 valence electrons. The van der Waals surface area contributed by atoms with E-state index in [1.54, 1.807) is 30.3 Å². The van der Waals surface area contributed by atoms with Gasteiger partial charge in [-0.25, -0.2) is 4.79 Å². The Hall–Kier alpha value is -2.25. The molecule has 0 aromatic heterocycles. The summed E-state index contributed by atoms with van der Waals surface area (Å²) in [5, 5.41) is 19.8. The molecule has 1 aliphatic rings. The predicted molar refractivity (Wildman–Crippen MR) is 88.6 cm³/mol. The number of carbonyl (C=O) groups excluding carboxylic acids is 1. The fourth-order valence-electron chi connectivity index (χ4n) is 2.64. The van der Waals surface area contributed by atoms with Crippen LogP contribution in [-0.2, 0) is 20.8 Å². The van der Waals surface area contributed by atoms with Crippen LogP contribution in [0.4, 0.5) is 0 Å². The zero-order valence-electron chi connectivity index (χ0n) is 13.5. The summed E-state index contributed by atoms with van der Waals surface area (Å²) in [4.78, 5) is 12.0. The van der Waals surface area contributed by atoms with Gasteiger partial charge in [0, 0.05) is 0 Å². The van der Waals surface area contributed by atoms with Gasteiger partial charge >= 0.3 is 5.97 Å². The first kappa shape index (κ1) is 17.6. The van der Waals surface area contributed by atoms with Crippen LogP contribution in [-0.4, -0.2) is 47.4 Å². The third-order valence-electron chi connectivity index (χ3n) is 3.98. The molecule has 6 heteroatoms. The van der Waals surface area contributed by atoms with Gasteiger partial charge in [-0.2, -0.15) is 0 Å². The van der Waals surface area contributed by atoms with Crippen molar-refractivity contribution in [2.75, 3.05) is 6.61 Å². The van der Waals surface area contributed by atoms with Crippen molar-refractivity contribution in [3.05, 3.63) is 71.8 Å². The van der Waals surface area contributed by atoms with Crippen LogP contribution in [0.25, 0.3) is 0 Å². The molecule has 6 nitrogen and oxygen atoms in total. The van der Waals surface area contributed by atoms with Gasteiger partial charge in [0.2, 0.25) is 0 Å². The summed E-state index contributed by atoms with van der Waals surface area (Å²) in [6, 6.07) is 18.0. The second-order valence-electron chi connectivity index (χ2n) is 5.78. The first-order valence-electron chi connectivity index (χ1n) is 8.04. The summed E-state index contributed by atoms with van der Waals surface area (Å²) >= 11 is 0. The number of hydrogen-bond donors (Lipinski definition) is 2. The highest BCUT2D eigenvalue weighted by Gasteiger charge is 2.44. The molecule has 2 N–H and O–H groups in total. The maximum Gasteiger partial charge on any atom is 0.338 e. The van der Waals surface area contributed by atoms with Gasteiger partial charge < -0.3 is 24.4 Å². The van der Waals surface area contributed by atoms with Crippen LogP contribution in [0.2, 0.25) is 0 Å². The number of hydrogen-bond acceptors (Lipinski definition) is 6. The summed E-state index contributed by atoms with van der Waals surface area (Å²) in [6.07, 6.45) is -4.12. The first-order chi connectivity index (χ1) is 12.1. The van der Waals surface area contributed by atoms with Gasteiger partial charge in [0.15, 0.2) is 6.29 Å². The lowest BCUT2D eigenvalue weighted by molar-refractivity contribution is -0.133. The largest absolute Gasteiger partial charge is 0.459 e. The van der Waals surface area contributed by atoms with Crippen LogP contribution in [0.5, 0.6) is 0 Å². The van der Waals surface area contributed by atoms with E-state index in [4.69, 9.17) is 14.2 Å². The van der Waals surface area contributed by atoms with Gasteiger partial charge in [-0.15, -0.1) is 0 Å². The molecule has 0 amide bonds. The fourth-order valence-corrected chi connectivity index (χ4v) is 2.64. The molecule has 1 heterocycles. The van der Waals surface area contributed by atoms with E-state index in [9.17, 15) is 15.0 Å². The minimum absolute atomic E-state index is 0.124. The number of rotatable bonds is 6. The van der Waals surface area contributed by atoms with Crippen molar-refractivity contribution >= 4 is 5.97 Å². The van der Waals surface area contributed by atoms with Crippen LogP contribution in [0.1, 0.15) is 15.9 Å². The van der Waals surface area contributed by atoms with Crippen molar-refractivity contribution < 1.29 is 29.2 Å². The Morgan fingerprint density at radius 2 is 1.64 bits per heavy atom. The van der Waals surface area contributed by atoms with E-state index in [1.165, 1.54) is 0 Å². The number of benzene rings is 2.